The van der Waals surface area contributed by atoms with E-state index >= 15 is 0 Å². The average Bonchev–Trinajstić information content (AvgIpc) is 2.84. The van der Waals surface area contributed by atoms with Crippen molar-refractivity contribution in [3.05, 3.63) is 58.5 Å². The molecule has 22 heavy (non-hydrogen) atoms. The highest BCUT2D eigenvalue weighted by molar-refractivity contribution is 7.21. The van der Waals surface area contributed by atoms with Crippen LogP contribution in [0, 0.1) is 6.92 Å². The van der Waals surface area contributed by atoms with Crippen molar-refractivity contribution in [1.29, 1.82) is 0 Å². The van der Waals surface area contributed by atoms with Crippen LogP contribution in [0.25, 0.3) is 21.2 Å². The highest BCUT2D eigenvalue weighted by Gasteiger charge is 2.13. The third-order valence-electron chi connectivity index (χ3n) is 3.72. The second kappa shape index (κ2) is 5.39. The number of carboxylic acids is 1. The zero-order valence-electron chi connectivity index (χ0n) is 12.2. The van der Waals surface area contributed by atoms with Crippen molar-refractivity contribution in [1.82, 2.24) is 0 Å². The molecule has 0 atom stereocenters. The number of aryl methyl sites for hydroxylation is 1. The van der Waals surface area contributed by atoms with Crippen molar-refractivity contribution in [3.8, 4) is 11.1 Å². The summed E-state index contributed by atoms with van der Waals surface area (Å²) < 4.78 is 1.09. The molecule has 3 nitrogen and oxygen atoms in total. The van der Waals surface area contributed by atoms with Crippen molar-refractivity contribution in [2.75, 3.05) is 0 Å². The van der Waals surface area contributed by atoms with Crippen molar-refractivity contribution in [2.24, 2.45) is 0 Å². The van der Waals surface area contributed by atoms with E-state index < -0.39 is 5.97 Å². The minimum Gasteiger partial charge on any atom is -0.478 e. The Kier molecular flexibility index (Phi) is 3.54. The Morgan fingerprint density at radius 2 is 1.64 bits per heavy atom. The maximum absolute atomic E-state index is 11.6. The van der Waals surface area contributed by atoms with Gasteiger partial charge >= 0.3 is 5.97 Å². The van der Waals surface area contributed by atoms with E-state index in [0.29, 0.717) is 0 Å². The Bertz CT molecular complexity index is 889. The first-order valence-electron chi connectivity index (χ1n) is 6.85. The lowest BCUT2D eigenvalue weighted by atomic mass is 10.0. The summed E-state index contributed by atoms with van der Waals surface area (Å²) in [6, 6.07) is 12.9. The van der Waals surface area contributed by atoms with E-state index in [4.69, 9.17) is 5.11 Å². The quantitative estimate of drug-likeness (QED) is 0.708. The van der Waals surface area contributed by atoms with Gasteiger partial charge in [0.2, 0.25) is 0 Å². The van der Waals surface area contributed by atoms with E-state index in [1.807, 2.05) is 19.1 Å². The van der Waals surface area contributed by atoms with Crippen molar-refractivity contribution < 1.29 is 14.7 Å². The third kappa shape index (κ3) is 2.42. The van der Waals surface area contributed by atoms with Crippen molar-refractivity contribution in [2.45, 2.75) is 13.8 Å². The number of thiophene rings is 1. The molecule has 0 saturated heterocycles. The van der Waals surface area contributed by atoms with Gasteiger partial charge in [-0.15, -0.1) is 11.3 Å². The minimum atomic E-state index is -0.929. The highest BCUT2D eigenvalue weighted by atomic mass is 32.1. The third-order valence-corrected chi connectivity index (χ3v) is 5.09. The van der Waals surface area contributed by atoms with Gasteiger partial charge in [-0.2, -0.15) is 0 Å². The van der Waals surface area contributed by atoms with Gasteiger partial charge in [-0.25, -0.2) is 4.79 Å². The number of fused-ring (bicyclic) bond motifs is 1. The Balaban J connectivity index is 2.10. The van der Waals surface area contributed by atoms with Gasteiger partial charge in [-0.3, -0.25) is 4.79 Å². The van der Waals surface area contributed by atoms with Gasteiger partial charge in [-0.1, -0.05) is 18.2 Å². The van der Waals surface area contributed by atoms with Crippen LogP contribution in [0.4, 0.5) is 0 Å². The summed E-state index contributed by atoms with van der Waals surface area (Å²) >= 11 is 1.51. The largest absolute Gasteiger partial charge is 0.478 e. The molecule has 0 aliphatic heterocycles. The predicted octanol–water partition coefficient (Wildman–Crippen LogP) is 4.78. The van der Waals surface area contributed by atoms with Crippen LogP contribution in [-0.4, -0.2) is 16.9 Å². The van der Waals surface area contributed by atoms with Crippen molar-refractivity contribution in [3.63, 3.8) is 0 Å². The summed E-state index contributed by atoms with van der Waals surface area (Å²) in [7, 11) is 0. The molecule has 4 heteroatoms. The van der Waals surface area contributed by atoms with Gasteiger partial charge in [0.1, 0.15) is 0 Å². The first kappa shape index (κ1) is 14.5. The Hall–Kier alpha value is -2.46. The molecule has 1 aromatic heterocycles. The molecular weight excluding hydrogens is 296 g/mol. The molecule has 0 unspecified atom stereocenters. The van der Waals surface area contributed by atoms with E-state index in [1.54, 1.807) is 31.2 Å². The molecule has 1 N–H and O–H groups in total. The van der Waals surface area contributed by atoms with Gasteiger partial charge in [0, 0.05) is 4.70 Å². The van der Waals surface area contributed by atoms with Gasteiger partial charge in [-0.05, 0) is 60.2 Å². The lowest BCUT2D eigenvalue weighted by molar-refractivity contribution is 0.0696. The summed E-state index contributed by atoms with van der Waals surface area (Å²) in [4.78, 5) is 23.4. The fourth-order valence-electron chi connectivity index (χ4n) is 2.54. The van der Waals surface area contributed by atoms with Crippen LogP contribution in [0.15, 0.2) is 42.5 Å². The van der Waals surface area contributed by atoms with Crippen LogP contribution in [-0.2, 0) is 0 Å². The Morgan fingerprint density at radius 1 is 1.00 bits per heavy atom. The summed E-state index contributed by atoms with van der Waals surface area (Å²) in [5, 5.41) is 10.0. The Labute approximate surface area is 131 Å². The van der Waals surface area contributed by atoms with Crippen LogP contribution in [0.1, 0.15) is 32.5 Å². The first-order chi connectivity index (χ1) is 10.5. The zero-order chi connectivity index (χ0) is 15.9. The van der Waals surface area contributed by atoms with E-state index in [-0.39, 0.29) is 11.3 Å². The standard InChI is InChI=1S/C18H14O3S/c1-10-15-9-14(7-8-16(15)22-17(10)11(2)19)12-3-5-13(6-4-12)18(20)21/h3-9H,1-2H3,(H,20,21). The number of rotatable bonds is 3. The molecule has 3 aromatic rings. The molecule has 0 bridgehead atoms. The SMILES string of the molecule is CC(=O)c1sc2ccc(-c3ccc(C(=O)O)cc3)cc2c1C. The van der Waals surface area contributed by atoms with E-state index in [2.05, 4.69) is 6.07 Å². The monoisotopic (exact) mass is 310 g/mol. The van der Waals surface area contributed by atoms with E-state index in [1.165, 1.54) is 11.3 Å². The van der Waals surface area contributed by atoms with Crippen molar-refractivity contribution >= 4 is 33.2 Å². The Morgan fingerprint density at radius 3 is 2.23 bits per heavy atom. The maximum Gasteiger partial charge on any atom is 0.335 e. The average molecular weight is 310 g/mol. The fraction of sp³-hybridized carbons (Fsp3) is 0.111. The van der Waals surface area contributed by atoms with Gasteiger partial charge < -0.3 is 5.11 Å². The molecule has 0 amide bonds. The number of hydrogen-bond acceptors (Lipinski definition) is 3. The maximum atomic E-state index is 11.6. The van der Waals surface area contributed by atoms with Gasteiger partial charge in [0.25, 0.3) is 0 Å². The van der Waals surface area contributed by atoms with E-state index in [9.17, 15) is 9.59 Å². The van der Waals surface area contributed by atoms with Crippen LogP contribution in [0.2, 0.25) is 0 Å². The van der Waals surface area contributed by atoms with E-state index in [0.717, 1.165) is 31.7 Å². The second-order valence-corrected chi connectivity index (χ2v) is 6.26. The minimum absolute atomic E-state index is 0.0889. The molecule has 0 aliphatic rings. The van der Waals surface area contributed by atoms with Gasteiger partial charge in [0.15, 0.2) is 5.78 Å². The highest BCUT2D eigenvalue weighted by Crippen LogP contribution is 2.34. The molecule has 2 aromatic carbocycles. The number of carboxylic acid groups (broad SMARTS) is 1. The van der Waals surface area contributed by atoms with Crippen LogP contribution in [0.3, 0.4) is 0 Å². The smallest absolute Gasteiger partial charge is 0.335 e. The number of Topliss-reactive ketones (excluding diaryl/α,β-unsaturated/α-hetero) is 1. The molecule has 0 aliphatic carbocycles. The van der Waals surface area contributed by atoms with Crippen LogP contribution < -0.4 is 0 Å². The van der Waals surface area contributed by atoms with Gasteiger partial charge in [0.05, 0.1) is 10.4 Å². The lowest BCUT2D eigenvalue weighted by Crippen LogP contribution is -1.94. The second-order valence-electron chi connectivity index (χ2n) is 5.21. The molecule has 0 spiro atoms. The molecule has 110 valence electrons. The molecule has 3 rings (SSSR count). The normalized spacial score (nSPS) is 10.8. The first-order valence-corrected chi connectivity index (χ1v) is 7.67. The summed E-state index contributed by atoms with van der Waals surface area (Å²) in [6.07, 6.45) is 0. The number of hydrogen-bond donors (Lipinski definition) is 1. The number of carbonyl (C=O) groups is 2. The summed E-state index contributed by atoms with van der Waals surface area (Å²) in [5.41, 5.74) is 3.26. The lowest BCUT2D eigenvalue weighted by Gasteiger charge is -2.03. The number of benzene rings is 2. The predicted molar refractivity (Wildman–Crippen MR) is 89.0 cm³/mol. The number of aromatic carboxylic acids is 1. The number of ketones is 1. The molecule has 0 fully saturated rings. The molecule has 1 heterocycles. The summed E-state index contributed by atoms with van der Waals surface area (Å²) in [6.45, 7) is 3.55. The number of carbonyl (C=O) groups excluding carboxylic acids is 1. The fourth-order valence-corrected chi connectivity index (χ4v) is 3.63. The van der Waals surface area contributed by atoms with Crippen LogP contribution >= 0.6 is 11.3 Å². The summed E-state index contributed by atoms with van der Waals surface area (Å²) in [5.74, 6) is -0.840. The molecule has 0 saturated carbocycles. The topological polar surface area (TPSA) is 54.4 Å². The van der Waals surface area contributed by atoms with Crippen LogP contribution in [0.5, 0.6) is 0 Å². The zero-order valence-corrected chi connectivity index (χ0v) is 13.0. The molecular formula is C18H14O3S. The molecule has 0 radical (unpaired) electrons.